The van der Waals surface area contributed by atoms with Gasteiger partial charge in [0.1, 0.15) is 5.60 Å². The maximum Gasteiger partial charge on any atom is 0.410 e. The zero-order chi connectivity index (χ0) is 17.8. The van der Waals surface area contributed by atoms with Crippen LogP contribution in [0.4, 0.5) is 4.79 Å². The van der Waals surface area contributed by atoms with E-state index in [-0.39, 0.29) is 18.5 Å². The van der Waals surface area contributed by atoms with E-state index in [4.69, 9.17) is 9.26 Å². The van der Waals surface area contributed by atoms with Gasteiger partial charge in [-0.1, -0.05) is 5.16 Å². The van der Waals surface area contributed by atoms with Crippen molar-refractivity contribution in [1.29, 1.82) is 0 Å². The summed E-state index contributed by atoms with van der Waals surface area (Å²) in [4.78, 5) is 17.5. The lowest BCUT2D eigenvalue weighted by Crippen LogP contribution is -2.40. The fourth-order valence-electron chi connectivity index (χ4n) is 1.55. The van der Waals surface area contributed by atoms with Crippen LogP contribution in [-0.2, 0) is 27.7 Å². The molecule has 0 aromatic carbocycles. The number of ether oxygens (including phenoxy) is 1. The predicted octanol–water partition coefficient (Wildman–Crippen LogP) is 0.917. The van der Waals surface area contributed by atoms with Gasteiger partial charge in [-0.05, 0) is 27.7 Å². The number of amides is 1. The molecular formula is C13H24N4O5S. The van der Waals surface area contributed by atoms with Gasteiger partial charge in [0.05, 0.1) is 12.8 Å². The summed E-state index contributed by atoms with van der Waals surface area (Å²) in [6, 6.07) is -0.210. The molecule has 0 unspecified atom stereocenters. The third-order valence-electron chi connectivity index (χ3n) is 2.82. The molecule has 1 N–H and O–H groups in total. The number of hydrogen-bond acceptors (Lipinski definition) is 7. The van der Waals surface area contributed by atoms with Crippen molar-refractivity contribution in [2.24, 2.45) is 0 Å². The lowest BCUT2D eigenvalue weighted by Gasteiger charge is -2.28. The predicted molar refractivity (Wildman–Crippen MR) is 83.1 cm³/mol. The van der Waals surface area contributed by atoms with Gasteiger partial charge >= 0.3 is 6.09 Å². The summed E-state index contributed by atoms with van der Waals surface area (Å²) < 4.78 is 34.5. The Morgan fingerprint density at radius 1 is 1.43 bits per heavy atom. The van der Waals surface area contributed by atoms with Gasteiger partial charge in [0.2, 0.25) is 15.9 Å². The third-order valence-corrected chi connectivity index (χ3v) is 3.49. The highest BCUT2D eigenvalue weighted by Crippen LogP contribution is 2.12. The molecular weight excluding hydrogens is 324 g/mol. The molecule has 1 heterocycles. The number of nitrogens with one attached hydrogen (secondary N) is 1. The van der Waals surface area contributed by atoms with E-state index in [1.165, 1.54) is 4.90 Å². The number of hydrogen-bond donors (Lipinski definition) is 1. The number of likely N-dealkylation sites (N-methyl/N-ethyl adjacent to an activating group) is 1. The Kier molecular flexibility index (Phi) is 6.11. The molecule has 0 spiro atoms. The highest BCUT2D eigenvalue weighted by molar-refractivity contribution is 7.88. The first-order valence-electron chi connectivity index (χ1n) is 7.09. The van der Waals surface area contributed by atoms with Crippen molar-refractivity contribution >= 4 is 16.1 Å². The van der Waals surface area contributed by atoms with E-state index >= 15 is 0 Å². The summed E-state index contributed by atoms with van der Waals surface area (Å²) in [6.07, 6.45) is 0.966. The quantitative estimate of drug-likeness (QED) is 0.812. The molecule has 0 aliphatic carbocycles. The highest BCUT2D eigenvalue weighted by Gasteiger charge is 2.24. The molecule has 23 heavy (non-hydrogen) atoms. The third kappa shape index (κ3) is 7.42. The second-order valence-electron chi connectivity index (χ2n) is 6.34. The maximum absolute atomic E-state index is 12.0. The Labute approximate surface area is 136 Å². The number of carbonyl (C=O) groups is 1. The largest absolute Gasteiger partial charge is 0.444 e. The first-order chi connectivity index (χ1) is 10.4. The zero-order valence-electron chi connectivity index (χ0n) is 14.3. The van der Waals surface area contributed by atoms with Crippen molar-refractivity contribution in [2.45, 2.75) is 52.3 Å². The smallest absolute Gasteiger partial charge is 0.410 e. The maximum atomic E-state index is 12.0. The van der Waals surface area contributed by atoms with Crippen molar-refractivity contribution in [3.8, 4) is 0 Å². The summed E-state index contributed by atoms with van der Waals surface area (Å²) in [5.41, 5.74) is -0.568. The first-order valence-corrected chi connectivity index (χ1v) is 8.98. The van der Waals surface area contributed by atoms with Crippen molar-refractivity contribution in [3.63, 3.8) is 0 Å². The van der Waals surface area contributed by atoms with Crippen LogP contribution >= 0.6 is 0 Å². The Hall–Kier alpha value is -1.68. The molecule has 1 rings (SSSR count). The molecule has 0 aliphatic rings. The molecule has 0 radical (unpaired) electrons. The summed E-state index contributed by atoms with van der Waals surface area (Å²) >= 11 is 0. The summed E-state index contributed by atoms with van der Waals surface area (Å²) in [5.74, 6) is 0.552. The Bertz CT molecular complexity index is 635. The van der Waals surface area contributed by atoms with Gasteiger partial charge in [-0.25, -0.2) is 17.9 Å². The summed E-state index contributed by atoms with van der Waals surface area (Å²) in [5, 5.41) is 3.77. The van der Waals surface area contributed by atoms with Crippen LogP contribution in [-0.4, -0.2) is 54.5 Å². The molecule has 1 amide bonds. The zero-order valence-corrected chi connectivity index (χ0v) is 15.1. The molecule has 0 saturated heterocycles. The van der Waals surface area contributed by atoms with E-state index in [2.05, 4.69) is 14.9 Å². The minimum absolute atomic E-state index is 0.0673. The Morgan fingerprint density at radius 2 is 2.04 bits per heavy atom. The Balaban J connectivity index is 2.59. The van der Waals surface area contributed by atoms with Crippen molar-refractivity contribution in [1.82, 2.24) is 19.8 Å². The van der Waals surface area contributed by atoms with Crippen molar-refractivity contribution in [3.05, 3.63) is 11.7 Å². The fourth-order valence-corrected chi connectivity index (χ4v) is 1.94. The second-order valence-corrected chi connectivity index (χ2v) is 8.18. The topological polar surface area (TPSA) is 115 Å². The van der Waals surface area contributed by atoms with Crippen molar-refractivity contribution < 1.29 is 22.5 Å². The van der Waals surface area contributed by atoms with E-state index in [9.17, 15) is 13.2 Å². The first kappa shape index (κ1) is 19.4. The van der Waals surface area contributed by atoms with Crippen molar-refractivity contribution in [2.75, 3.05) is 13.3 Å². The van der Waals surface area contributed by atoms with Gasteiger partial charge in [0, 0.05) is 19.5 Å². The number of carbonyl (C=O) groups excluding carboxylic acids is 1. The van der Waals surface area contributed by atoms with E-state index in [0.29, 0.717) is 12.2 Å². The van der Waals surface area contributed by atoms with E-state index < -0.39 is 21.7 Å². The van der Waals surface area contributed by atoms with Crippen LogP contribution in [0, 0.1) is 0 Å². The summed E-state index contributed by atoms with van der Waals surface area (Å²) in [7, 11) is -1.70. The van der Waals surface area contributed by atoms with E-state index in [0.717, 1.165) is 6.26 Å². The number of nitrogens with zero attached hydrogens (tertiary/aromatic N) is 3. The fraction of sp³-hybridized carbons (Fsp3) is 0.769. The van der Waals surface area contributed by atoms with Crippen LogP contribution in [0.1, 0.15) is 39.4 Å². The van der Waals surface area contributed by atoms with Crippen LogP contribution in [0.2, 0.25) is 0 Å². The molecule has 9 nitrogen and oxygen atoms in total. The number of sulfonamides is 1. The Morgan fingerprint density at radius 3 is 2.57 bits per heavy atom. The molecule has 132 valence electrons. The average molecular weight is 348 g/mol. The second kappa shape index (κ2) is 7.26. The van der Waals surface area contributed by atoms with E-state index in [1.54, 1.807) is 27.8 Å². The number of rotatable bonds is 6. The average Bonchev–Trinajstić information content (AvgIpc) is 2.80. The number of aromatic nitrogens is 2. The van der Waals surface area contributed by atoms with Gasteiger partial charge in [0.25, 0.3) is 0 Å². The molecule has 10 heteroatoms. The minimum atomic E-state index is -3.33. The lowest BCUT2D eigenvalue weighted by atomic mass is 10.2. The molecule has 1 aromatic heterocycles. The van der Waals surface area contributed by atoms with Gasteiger partial charge in [-0.15, -0.1) is 0 Å². The van der Waals surface area contributed by atoms with Gasteiger partial charge < -0.3 is 14.2 Å². The SMILES string of the molecule is C[C@H](Cc1noc(CNS(C)(=O)=O)n1)N(C)C(=O)OC(C)(C)C. The van der Waals surface area contributed by atoms with Crippen LogP contribution in [0.25, 0.3) is 0 Å². The normalized spacial score (nSPS) is 13.7. The van der Waals surface area contributed by atoms with Gasteiger partial charge in [0.15, 0.2) is 5.82 Å². The molecule has 0 aliphatic heterocycles. The standard InChI is InChI=1S/C13H24N4O5S/c1-9(17(5)12(18)21-13(2,3)4)7-10-15-11(22-16-10)8-14-23(6,19)20/h9,14H,7-8H2,1-6H3/t9-/m1/s1. The molecule has 0 bridgehead atoms. The molecule has 1 aromatic rings. The van der Waals surface area contributed by atoms with Crippen LogP contribution in [0.15, 0.2) is 4.52 Å². The molecule has 0 fully saturated rings. The van der Waals surface area contributed by atoms with Gasteiger partial charge in [-0.3, -0.25) is 0 Å². The van der Waals surface area contributed by atoms with E-state index in [1.807, 2.05) is 6.92 Å². The highest BCUT2D eigenvalue weighted by atomic mass is 32.2. The lowest BCUT2D eigenvalue weighted by molar-refractivity contribution is 0.0234. The van der Waals surface area contributed by atoms with Crippen LogP contribution < -0.4 is 4.72 Å². The van der Waals surface area contributed by atoms with Crippen LogP contribution in [0.5, 0.6) is 0 Å². The van der Waals surface area contributed by atoms with Crippen LogP contribution in [0.3, 0.4) is 0 Å². The van der Waals surface area contributed by atoms with Gasteiger partial charge in [-0.2, -0.15) is 4.98 Å². The molecule has 0 saturated carbocycles. The monoisotopic (exact) mass is 348 g/mol. The minimum Gasteiger partial charge on any atom is -0.444 e. The summed E-state index contributed by atoms with van der Waals surface area (Å²) in [6.45, 7) is 7.15. The molecule has 1 atom stereocenters.